The zero-order valence-corrected chi connectivity index (χ0v) is 13.8. The quantitative estimate of drug-likeness (QED) is 0.911. The summed E-state index contributed by atoms with van der Waals surface area (Å²) in [5.41, 5.74) is 8.50. The van der Waals surface area contributed by atoms with Crippen molar-refractivity contribution in [2.75, 3.05) is 31.1 Å². The lowest BCUT2D eigenvalue weighted by molar-refractivity contribution is 0.0937. The molecule has 0 radical (unpaired) electrons. The number of nitrogens with two attached hydrogens (primary N) is 1. The SMILES string of the molecule is NC1=C(N2CCN(c3ccccc3)CC2)C(=O)c2ccccc2C1=O. The molecule has 1 heterocycles. The lowest BCUT2D eigenvalue weighted by atomic mass is 9.90. The number of fused-ring (bicyclic) bond motifs is 1. The van der Waals surface area contributed by atoms with Gasteiger partial charge in [-0.1, -0.05) is 42.5 Å². The predicted molar refractivity (Wildman–Crippen MR) is 96.5 cm³/mol. The van der Waals surface area contributed by atoms with Crippen molar-refractivity contribution >= 4 is 17.3 Å². The summed E-state index contributed by atoms with van der Waals surface area (Å²) in [4.78, 5) is 29.6. The van der Waals surface area contributed by atoms with Crippen LogP contribution in [0, 0.1) is 0 Å². The summed E-state index contributed by atoms with van der Waals surface area (Å²) in [6.45, 7) is 2.88. The largest absolute Gasteiger partial charge is 0.394 e. The number of carbonyl (C=O) groups excluding carboxylic acids is 2. The summed E-state index contributed by atoms with van der Waals surface area (Å²) in [6, 6.07) is 17.1. The second-order valence-corrected chi connectivity index (χ2v) is 6.28. The van der Waals surface area contributed by atoms with Gasteiger partial charge < -0.3 is 15.5 Å². The van der Waals surface area contributed by atoms with E-state index in [-0.39, 0.29) is 17.3 Å². The summed E-state index contributed by atoms with van der Waals surface area (Å²) in [7, 11) is 0. The molecule has 0 bridgehead atoms. The van der Waals surface area contributed by atoms with Gasteiger partial charge in [-0.2, -0.15) is 0 Å². The molecule has 1 saturated heterocycles. The van der Waals surface area contributed by atoms with Crippen LogP contribution in [0.3, 0.4) is 0 Å². The molecule has 2 N–H and O–H groups in total. The summed E-state index contributed by atoms with van der Waals surface area (Å²) >= 11 is 0. The van der Waals surface area contributed by atoms with Crippen molar-refractivity contribution in [3.63, 3.8) is 0 Å². The van der Waals surface area contributed by atoms with Crippen LogP contribution in [0.2, 0.25) is 0 Å². The molecule has 25 heavy (non-hydrogen) atoms. The van der Waals surface area contributed by atoms with Gasteiger partial charge in [0, 0.05) is 43.0 Å². The van der Waals surface area contributed by atoms with Crippen molar-refractivity contribution in [2.45, 2.75) is 0 Å². The van der Waals surface area contributed by atoms with Gasteiger partial charge in [-0.05, 0) is 12.1 Å². The number of anilines is 1. The fourth-order valence-corrected chi connectivity index (χ4v) is 3.52. The van der Waals surface area contributed by atoms with Crippen LogP contribution >= 0.6 is 0 Å². The first-order chi connectivity index (χ1) is 12.2. The standard InChI is InChI=1S/C20H19N3O2/c21-17-18(20(25)16-9-5-4-8-15(16)19(17)24)23-12-10-22(11-13-23)14-6-2-1-3-7-14/h1-9H,10-13,21H2. The molecule has 0 spiro atoms. The molecule has 5 nitrogen and oxygen atoms in total. The van der Waals surface area contributed by atoms with E-state index in [1.54, 1.807) is 24.3 Å². The van der Waals surface area contributed by atoms with Crippen molar-refractivity contribution in [1.82, 2.24) is 4.90 Å². The number of Topliss-reactive ketones (excluding diaryl/α,β-unsaturated/α-hetero) is 2. The predicted octanol–water partition coefficient (Wildman–Crippen LogP) is 2.06. The molecule has 2 aromatic rings. The zero-order valence-electron chi connectivity index (χ0n) is 13.8. The normalized spacial score (nSPS) is 17.8. The lowest BCUT2D eigenvalue weighted by Gasteiger charge is -2.39. The molecule has 0 atom stereocenters. The number of para-hydroxylation sites is 1. The first kappa shape index (κ1) is 15.4. The van der Waals surface area contributed by atoms with Crippen molar-refractivity contribution in [2.24, 2.45) is 5.73 Å². The number of allylic oxidation sites excluding steroid dienone is 2. The van der Waals surface area contributed by atoms with Crippen LogP contribution in [0.5, 0.6) is 0 Å². The lowest BCUT2D eigenvalue weighted by Crippen LogP contribution is -2.49. The van der Waals surface area contributed by atoms with Gasteiger partial charge in [-0.15, -0.1) is 0 Å². The van der Waals surface area contributed by atoms with Crippen molar-refractivity contribution in [3.05, 3.63) is 77.1 Å². The molecule has 0 aromatic heterocycles. The van der Waals surface area contributed by atoms with Gasteiger partial charge in [0.15, 0.2) is 0 Å². The van der Waals surface area contributed by atoms with Crippen LogP contribution in [0.4, 0.5) is 5.69 Å². The maximum atomic E-state index is 12.9. The third-order valence-corrected chi connectivity index (χ3v) is 4.85. The Hall–Kier alpha value is -3.08. The van der Waals surface area contributed by atoms with Gasteiger partial charge in [-0.25, -0.2) is 0 Å². The minimum atomic E-state index is -0.254. The number of rotatable bonds is 2. The van der Waals surface area contributed by atoms with Gasteiger partial charge in [0.1, 0.15) is 11.4 Å². The number of benzene rings is 2. The second-order valence-electron chi connectivity index (χ2n) is 6.28. The van der Waals surface area contributed by atoms with Gasteiger partial charge in [0.2, 0.25) is 11.6 Å². The first-order valence-corrected chi connectivity index (χ1v) is 8.40. The highest BCUT2D eigenvalue weighted by molar-refractivity contribution is 6.26. The minimum Gasteiger partial charge on any atom is -0.394 e. The van der Waals surface area contributed by atoms with Gasteiger partial charge in [0.05, 0.1) is 0 Å². The molecular formula is C20H19N3O2. The summed E-state index contributed by atoms with van der Waals surface area (Å²) in [5, 5.41) is 0. The number of nitrogens with zero attached hydrogens (tertiary/aromatic N) is 2. The smallest absolute Gasteiger partial charge is 0.212 e. The van der Waals surface area contributed by atoms with Crippen LogP contribution in [-0.4, -0.2) is 42.6 Å². The van der Waals surface area contributed by atoms with E-state index in [0.717, 1.165) is 13.1 Å². The van der Waals surface area contributed by atoms with Crippen LogP contribution in [0.1, 0.15) is 20.7 Å². The number of piperazine rings is 1. The topological polar surface area (TPSA) is 66.6 Å². The van der Waals surface area contributed by atoms with E-state index in [2.05, 4.69) is 17.0 Å². The van der Waals surface area contributed by atoms with Gasteiger partial charge in [0.25, 0.3) is 0 Å². The highest BCUT2D eigenvalue weighted by Crippen LogP contribution is 2.27. The van der Waals surface area contributed by atoms with Crippen molar-refractivity contribution in [3.8, 4) is 0 Å². The van der Waals surface area contributed by atoms with Crippen LogP contribution in [0.15, 0.2) is 66.0 Å². The van der Waals surface area contributed by atoms with E-state index in [9.17, 15) is 9.59 Å². The highest BCUT2D eigenvalue weighted by Gasteiger charge is 2.34. The number of hydrogen-bond donors (Lipinski definition) is 1. The third-order valence-electron chi connectivity index (χ3n) is 4.85. The molecule has 0 saturated carbocycles. The number of carbonyl (C=O) groups is 2. The Labute approximate surface area is 146 Å². The molecule has 4 rings (SSSR count). The van der Waals surface area contributed by atoms with Crippen molar-refractivity contribution in [1.29, 1.82) is 0 Å². The molecule has 1 aliphatic carbocycles. The number of hydrogen-bond acceptors (Lipinski definition) is 5. The van der Waals surface area contributed by atoms with E-state index in [4.69, 9.17) is 5.73 Å². The average Bonchev–Trinajstić information content (AvgIpc) is 2.68. The fourth-order valence-electron chi connectivity index (χ4n) is 3.52. The molecule has 1 aliphatic heterocycles. The summed E-state index contributed by atoms with van der Waals surface area (Å²) in [5.74, 6) is -0.406. The minimum absolute atomic E-state index is 0.0665. The van der Waals surface area contributed by atoms with E-state index in [1.165, 1.54) is 5.69 Å². The van der Waals surface area contributed by atoms with Gasteiger partial charge >= 0.3 is 0 Å². The monoisotopic (exact) mass is 333 g/mol. The Bertz CT molecular complexity index is 866. The molecule has 2 aliphatic rings. The summed E-state index contributed by atoms with van der Waals surface area (Å²) < 4.78 is 0. The van der Waals surface area contributed by atoms with Crippen LogP contribution < -0.4 is 10.6 Å². The van der Waals surface area contributed by atoms with Gasteiger partial charge in [-0.3, -0.25) is 9.59 Å². The Morgan fingerprint density at radius 3 is 1.84 bits per heavy atom. The average molecular weight is 333 g/mol. The van der Waals surface area contributed by atoms with E-state index in [1.807, 2.05) is 23.1 Å². The Morgan fingerprint density at radius 2 is 1.20 bits per heavy atom. The molecule has 126 valence electrons. The van der Waals surface area contributed by atoms with E-state index >= 15 is 0 Å². The fraction of sp³-hybridized carbons (Fsp3) is 0.200. The molecule has 1 fully saturated rings. The second kappa shape index (κ2) is 6.09. The highest BCUT2D eigenvalue weighted by atomic mass is 16.1. The first-order valence-electron chi connectivity index (χ1n) is 8.40. The molecule has 2 aromatic carbocycles. The van der Waals surface area contributed by atoms with Crippen molar-refractivity contribution < 1.29 is 9.59 Å². The summed E-state index contributed by atoms with van der Waals surface area (Å²) in [6.07, 6.45) is 0. The zero-order chi connectivity index (χ0) is 17.4. The molecule has 0 unspecified atom stereocenters. The third kappa shape index (κ3) is 2.58. The Kier molecular flexibility index (Phi) is 3.76. The Morgan fingerprint density at radius 1 is 0.680 bits per heavy atom. The molecule has 0 amide bonds. The van der Waals surface area contributed by atoms with E-state index < -0.39 is 0 Å². The number of ketones is 2. The van der Waals surface area contributed by atoms with Crippen LogP contribution in [-0.2, 0) is 0 Å². The Balaban J connectivity index is 1.58. The molecular weight excluding hydrogens is 314 g/mol. The molecule has 5 heteroatoms. The maximum absolute atomic E-state index is 12.9. The van der Waals surface area contributed by atoms with Crippen LogP contribution in [0.25, 0.3) is 0 Å². The maximum Gasteiger partial charge on any atom is 0.212 e. The van der Waals surface area contributed by atoms with E-state index in [0.29, 0.717) is 29.9 Å².